The topological polar surface area (TPSA) is 49.3 Å². The van der Waals surface area contributed by atoms with Gasteiger partial charge in [-0.05, 0) is 45.4 Å². The number of fused-ring (bicyclic) bond motifs is 1. The van der Waals surface area contributed by atoms with Gasteiger partial charge < -0.3 is 10.4 Å². The lowest BCUT2D eigenvalue weighted by Gasteiger charge is -2.29. The zero-order valence-corrected chi connectivity index (χ0v) is 10.5. The molecule has 0 bridgehead atoms. The van der Waals surface area contributed by atoms with E-state index >= 15 is 0 Å². The first-order valence-electron chi connectivity index (χ1n) is 6.43. The van der Waals surface area contributed by atoms with Crippen molar-refractivity contribution in [2.24, 2.45) is 17.8 Å². The highest BCUT2D eigenvalue weighted by Gasteiger charge is 2.55. The van der Waals surface area contributed by atoms with Crippen LogP contribution in [0.1, 0.15) is 46.5 Å². The summed E-state index contributed by atoms with van der Waals surface area (Å²) >= 11 is 0. The lowest BCUT2D eigenvalue weighted by molar-refractivity contribution is -0.125. The number of nitrogens with one attached hydrogen (secondary N) is 1. The van der Waals surface area contributed by atoms with Crippen molar-refractivity contribution in [2.75, 3.05) is 0 Å². The molecule has 2 N–H and O–H groups in total. The second-order valence-electron chi connectivity index (χ2n) is 6.02. The molecule has 3 heteroatoms. The van der Waals surface area contributed by atoms with E-state index < -0.39 is 11.6 Å². The van der Waals surface area contributed by atoms with Crippen LogP contribution in [0, 0.1) is 17.8 Å². The molecule has 2 fully saturated rings. The van der Waals surface area contributed by atoms with E-state index in [1.165, 1.54) is 25.7 Å². The Bertz CT molecular complexity index is 274. The van der Waals surface area contributed by atoms with E-state index in [0.717, 1.165) is 0 Å². The van der Waals surface area contributed by atoms with Crippen LogP contribution in [0.2, 0.25) is 0 Å². The molecule has 2 rings (SSSR count). The highest BCUT2D eigenvalue weighted by atomic mass is 16.3. The molecule has 3 atom stereocenters. The molecule has 2 aliphatic rings. The summed E-state index contributed by atoms with van der Waals surface area (Å²) in [5.74, 6) is 1.67. The molecule has 3 nitrogen and oxygen atoms in total. The van der Waals surface area contributed by atoms with Gasteiger partial charge >= 0.3 is 0 Å². The second-order valence-corrected chi connectivity index (χ2v) is 6.02. The fourth-order valence-electron chi connectivity index (χ4n) is 2.89. The van der Waals surface area contributed by atoms with E-state index in [2.05, 4.69) is 5.32 Å². The summed E-state index contributed by atoms with van der Waals surface area (Å²) in [5, 5.41) is 12.6. The van der Waals surface area contributed by atoms with Crippen molar-refractivity contribution in [1.29, 1.82) is 0 Å². The molecule has 2 saturated carbocycles. The SMILES string of the molecule is CC(O)C(C)(C)NC(=O)C1C2CCCCC21. The lowest BCUT2D eigenvalue weighted by atomic mass is 9.98. The molecule has 3 unspecified atom stereocenters. The van der Waals surface area contributed by atoms with Crippen molar-refractivity contribution >= 4 is 5.91 Å². The Hall–Kier alpha value is -0.570. The summed E-state index contributed by atoms with van der Waals surface area (Å²) in [7, 11) is 0. The highest BCUT2D eigenvalue weighted by Crippen LogP contribution is 2.55. The first-order valence-corrected chi connectivity index (χ1v) is 6.43. The number of rotatable bonds is 3. The van der Waals surface area contributed by atoms with E-state index in [4.69, 9.17) is 0 Å². The van der Waals surface area contributed by atoms with Gasteiger partial charge in [0.05, 0.1) is 11.6 Å². The maximum absolute atomic E-state index is 12.1. The summed E-state index contributed by atoms with van der Waals surface area (Å²) in [4.78, 5) is 12.1. The summed E-state index contributed by atoms with van der Waals surface area (Å²) < 4.78 is 0. The van der Waals surface area contributed by atoms with Gasteiger partial charge in [-0.3, -0.25) is 4.79 Å². The molecule has 0 radical (unpaired) electrons. The molecule has 1 amide bonds. The van der Waals surface area contributed by atoms with Crippen LogP contribution in [-0.4, -0.2) is 22.7 Å². The Morgan fingerprint density at radius 2 is 1.81 bits per heavy atom. The Morgan fingerprint density at radius 3 is 2.25 bits per heavy atom. The Morgan fingerprint density at radius 1 is 1.31 bits per heavy atom. The van der Waals surface area contributed by atoms with Gasteiger partial charge in [0.2, 0.25) is 5.91 Å². The molecule has 0 aliphatic heterocycles. The standard InChI is InChI=1S/C13H23NO2/c1-8(15)13(2,3)14-12(16)11-9-6-4-5-7-10(9)11/h8-11,15H,4-7H2,1-3H3,(H,14,16). The number of amides is 1. The highest BCUT2D eigenvalue weighted by molar-refractivity contribution is 5.83. The van der Waals surface area contributed by atoms with Crippen molar-refractivity contribution in [1.82, 2.24) is 5.32 Å². The van der Waals surface area contributed by atoms with Crippen LogP contribution in [0.5, 0.6) is 0 Å². The van der Waals surface area contributed by atoms with Crippen LogP contribution in [0.3, 0.4) is 0 Å². The fourth-order valence-corrected chi connectivity index (χ4v) is 2.89. The first kappa shape index (κ1) is 11.9. The smallest absolute Gasteiger partial charge is 0.224 e. The number of aliphatic hydroxyl groups is 1. The summed E-state index contributed by atoms with van der Waals surface area (Å²) in [6.07, 6.45) is 4.49. The van der Waals surface area contributed by atoms with Gasteiger partial charge in [0.25, 0.3) is 0 Å². The van der Waals surface area contributed by atoms with Crippen LogP contribution in [0.15, 0.2) is 0 Å². The van der Waals surface area contributed by atoms with Crippen molar-refractivity contribution in [2.45, 2.75) is 58.1 Å². The van der Waals surface area contributed by atoms with Crippen molar-refractivity contribution in [3.63, 3.8) is 0 Å². The number of carbonyl (C=O) groups is 1. The molecule has 92 valence electrons. The van der Waals surface area contributed by atoms with Gasteiger partial charge in [0.1, 0.15) is 0 Å². The second kappa shape index (κ2) is 4.02. The molecule has 0 saturated heterocycles. The van der Waals surface area contributed by atoms with Crippen molar-refractivity contribution < 1.29 is 9.90 Å². The third-order valence-electron chi connectivity index (χ3n) is 4.45. The molecule has 0 spiro atoms. The molecular formula is C13H23NO2. The third kappa shape index (κ3) is 2.10. The number of hydrogen-bond acceptors (Lipinski definition) is 2. The van der Waals surface area contributed by atoms with Gasteiger partial charge in [0.15, 0.2) is 0 Å². The van der Waals surface area contributed by atoms with Crippen LogP contribution >= 0.6 is 0 Å². The number of carbonyl (C=O) groups excluding carboxylic acids is 1. The van der Waals surface area contributed by atoms with E-state index in [1.54, 1.807) is 6.92 Å². The Kier molecular flexibility index (Phi) is 2.99. The molecule has 0 aromatic carbocycles. The molecule has 0 heterocycles. The minimum Gasteiger partial charge on any atom is -0.391 e. The average Bonchev–Trinajstić information content (AvgIpc) is 2.90. The van der Waals surface area contributed by atoms with Gasteiger partial charge in [-0.25, -0.2) is 0 Å². The maximum atomic E-state index is 12.1. The molecule has 0 aromatic rings. The number of hydrogen-bond donors (Lipinski definition) is 2. The molecule has 16 heavy (non-hydrogen) atoms. The number of aliphatic hydroxyl groups excluding tert-OH is 1. The minimum atomic E-state index is -0.516. The van der Waals surface area contributed by atoms with E-state index in [9.17, 15) is 9.90 Å². The normalized spacial score (nSPS) is 35.1. The zero-order valence-electron chi connectivity index (χ0n) is 10.5. The predicted octanol–water partition coefficient (Wildman–Crippen LogP) is 1.70. The first-order chi connectivity index (χ1) is 7.43. The molecule has 2 aliphatic carbocycles. The van der Waals surface area contributed by atoms with Crippen LogP contribution in [0.25, 0.3) is 0 Å². The van der Waals surface area contributed by atoms with E-state index in [-0.39, 0.29) is 11.8 Å². The quantitative estimate of drug-likeness (QED) is 0.768. The predicted molar refractivity (Wildman–Crippen MR) is 62.8 cm³/mol. The van der Waals surface area contributed by atoms with Gasteiger partial charge in [-0.15, -0.1) is 0 Å². The van der Waals surface area contributed by atoms with Gasteiger partial charge in [-0.1, -0.05) is 12.8 Å². The van der Waals surface area contributed by atoms with E-state index in [1.807, 2.05) is 13.8 Å². The summed E-state index contributed by atoms with van der Waals surface area (Å²) in [5.41, 5.74) is -0.511. The lowest BCUT2D eigenvalue weighted by Crippen LogP contribution is -2.51. The van der Waals surface area contributed by atoms with Crippen molar-refractivity contribution in [3.8, 4) is 0 Å². The van der Waals surface area contributed by atoms with Crippen LogP contribution < -0.4 is 5.32 Å². The maximum Gasteiger partial charge on any atom is 0.224 e. The average molecular weight is 225 g/mol. The third-order valence-corrected chi connectivity index (χ3v) is 4.45. The zero-order chi connectivity index (χ0) is 11.9. The fraction of sp³-hybridized carbons (Fsp3) is 0.923. The van der Waals surface area contributed by atoms with Crippen molar-refractivity contribution in [3.05, 3.63) is 0 Å². The largest absolute Gasteiger partial charge is 0.391 e. The van der Waals surface area contributed by atoms with Crippen LogP contribution in [0.4, 0.5) is 0 Å². The Labute approximate surface area is 97.6 Å². The summed E-state index contributed by atoms with van der Waals surface area (Å²) in [6, 6.07) is 0. The van der Waals surface area contributed by atoms with Crippen LogP contribution in [-0.2, 0) is 4.79 Å². The minimum absolute atomic E-state index is 0.155. The van der Waals surface area contributed by atoms with Gasteiger partial charge in [0, 0.05) is 5.92 Å². The van der Waals surface area contributed by atoms with Gasteiger partial charge in [-0.2, -0.15) is 0 Å². The monoisotopic (exact) mass is 225 g/mol. The van der Waals surface area contributed by atoms with E-state index in [0.29, 0.717) is 11.8 Å². The summed E-state index contributed by atoms with van der Waals surface area (Å²) in [6.45, 7) is 5.48. The Balaban J connectivity index is 1.90. The molecule has 0 aromatic heterocycles. The molecular weight excluding hydrogens is 202 g/mol.